The minimum absolute atomic E-state index is 0.247. The van der Waals surface area contributed by atoms with E-state index in [2.05, 4.69) is 19.1 Å². The summed E-state index contributed by atoms with van der Waals surface area (Å²) in [5.41, 5.74) is 2.54. The minimum atomic E-state index is 0.247. The van der Waals surface area contributed by atoms with E-state index in [-0.39, 0.29) is 5.91 Å². The second-order valence-electron chi connectivity index (χ2n) is 4.42. The fraction of sp³-hybridized carbons (Fsp3) is 0.500. The van der Waals surface area contributed by atoms with E-state index in [1.165, 1.54) is 11.1 Å². The Labute approximate surface area is 102 Å². The van der Waals surface area contributed by atoms with Gasteiger partial charge in [-0.25, -0.2) is 0 Å². The van der Waals surface area contributed by atoms with E-state index >= 15 is 0 Å². The van der Waals surface area contributed by atoms with Gasteiger partial charge in [0.25, 0.3) is 0 Å². The molecule has 0 spiro atoms. The average molecular weight is 233 g/mol. The third-order valence-electron chi connectivity index (χ3n) is 3.23. The van der Waals surface area contributed by atoms with Gasteiger partial charge in [0.05, 0.1) is 13.2 Å². The Morgan fingerprint density at radius 2 is 2.00 bits per heavy atom. The summed E-state index contributed by atoms with van der Waals surface area (Å²) in [6.07, 6.45) is 1.44. The zero-order valence-electron chi connectivity index (χ0n) is 10.3. The van der Waals surface area contributed by atoms with E-state index in [9.17, 15) is 4.79 Å². The van der Waals surface area contributed by atoms with Crippen molar-refractivity contribution in [3.8, 4) is 0 Å². The summed E-state index contributed by atoms with van der Waals surface area (Å²) >= 11 is 0. The van der Waals surface area contributed by atoms with Crippen molar-refractivity contribution in [1.29, 1.82) is 0 Å². The molecule has 1 heterocycles. The highest BCUT2D eigenvalue weighted by Gasteiger charge is 2.16. The molecule has 0 radical (unpaired) electrons. The lowest BCUT2D eigenvalue weighted by atomic mass is 10.0. The maximum absolute atomic E-state index is 12.0. The molecule has 0 aliphatic carbocycles. The van der Waals surface area contributed by atoms with Crippen LogP contribution in [-0.2, 0) is 16.0 Å². The molecule has 0 aromatic heterocycles. The zero-order valence-corrected chi connectivity index (χ0v) is 10.3. The Balaban J connectivity index is 1.85. The summed E-state index contributed by atoms with van der Waals surface area (Å²) in [6, 6.07) is 8.25. The van der Waals surface area contributed by atoms with Crippen LogP contribution in [0.3, 0.4) is 0 Å². The summed E-state index contributed by atoms with van der Waals surface area (Å²) in [4.78, 5) is 13.9. The third kappa shape index (κ3) is 3.30. The van der Waals surface area contributed by atoms with Gasteiger partial charge < -0.3 is 9.64 Å². The van der Waals surface area contributed by atoms with E-state index in [4.69, 9.17) is 4.74 Å². The number of rotatable bonds is 3. The van der Waals surface area contributed by atoms with E-state index in [1.807, 2.05) is 17.0 Å². The molecule has 3 nitrogen and oxygen atoms in total. The molecule has 3 heteroatoms. The summed E-state index contributed by atoms with van der Waals surface area (Å²) in [5.74, 6) is 0.247. The average Bonchev–Trinajstić information content (AvgIpc) is 2.38. The summed E-state index contributed by atoms with van der Waals surface area (Å²) < 4.78 is 5.24. The molecule has 1 aromatic rings. The zero-order chi connectivity index (χ0) is 12.1. The fourth-order valence-electron chi connectivity index (χ4n) is 2.10. The SMILES string of the molecule is Cc1ccccc1CCC(=O)N1CCOCC1. The van der Waals surface area contributed by atoms with Gasteiger partial charge in [-0.05, 0) is 24.5 Å². The van der Waals surface area contributed by atoms with Gasteiger partial charge >= 0.3 is 0 Å². The van der Waals surface area contributed by atoms with Gasteiger partial charge in [0.15, 0.2) is 0 Å². The van der Waals surface area contributed by atoms with Crippen molar-refractivity contribution in [2.24, 2.45) is 0 Å². The lowest BCUT2D eigenvalue weighted by Crippen LogP contribution is -2.40. The molecule has 0 saturated carbocycles. The molecule has 17 heavy (non-hydrogen) atoms. The molecule has 92 valence electrons. The number of benzene rings is 1. The molecular weight excluding hydrogens is 214 g/mol. The summed E-state index contributed by atoms with van der Waals surface area (Å²) in [7, 11) is 0. The number of aryl methyl sites for hydroxylation is 2. The van der Waals surface area contributed by atoms with Crippen LogP contribution in [0.15, 0.2) is 24.3 Å². The van der Waals surface area contributed by atoms with Crippen LogP contribution >= 0.6 is 0 Å². The van der Waals surface area contributed by atoms with Gasteiger partial charge in [-0.3, -0.25) is 4.79 Å². The first kappa shape index (κ1) is 12.1. The van der Waals surface area contributed by atoms with E-state index < -0.39 is 0 Å². The van der Waals surface area contributed by atoms with Crippen LogP contribution in [0.1, 0.15) is 17.5 Å². The highest BCUT2D eigenvalue weighted by atomic mass is 16.5. The standard InChI is InChI=1S/C14H19NO2/c1-12-4-2-3-5-13(12)6-7-14(16)15-8-10-17-11-9-15/h2-5H,6-11H2,1H3. The molecule has 1 amide bonds. The van der Waals surface area contributed by atoms with E-state index in [0.717, 1.165) is 19.5 Å². The van der Waals surface area contributed by atoms with Crippen molar-refractivity contribution in [3.63, 3.8) is 0 Å². The quantitative estimate of drug-likeness (QED) is 0.796. The van der Waals surface area contributed by atoms with Gasteiger partial charge in [-0.1, -0.05) is 24.3 Å². The lowest BCUT2D eigenvalue weighted by molar-refractivity contribution is -0.135. The van der Waals surface area contributed by atoms with Crippen LogP contribution in [0.2, 0.25) is 0 Å². The number of hydrogen-bond acceptors (Lipinski definition) is 2. The number of morpholine rings is 1. The topological polar surface area (TPSA) is 29.5 Å². The molecule has 0 atom stereocenters. The predicted molar refractivity (Wildman–Crippen MR) is 66.9 cm³/mol. The normalized spacial score (nSPS) is 15.9. The molecule has 0 unspecified atom stereocenters. The monoisotopic (exact) mass is 233 g/mol. The van der Waals surface area contributed by atoms with Gasteiger partial charge in [0.1, 0.15) is 0 Å². The number of amides is 1. The van der Waals surface area contributed by atoms with Crippen LogP contribution in [-0.4, -0.2) is 37.1 Å². The molecule has 1 fully saturated rings. The van der Waals surface area contributed by atoms with Gasteiger partial charge in [0, 0.05) is 19.5 Å². The van der Waals surface area contributed by atoms with Gasteiger partial charge in [0.2, 0.25) is 5.91 Å². The smallest absolute Gasteiger partial charge is 0.223 e. The van der Waals surface area contributed by atoms with Crippen LogP contribution < -0.4 is 0 Å². The van der Waals surface area contributed by atoms with E-state index in [0.29, 0.717) is 19.6 Å². The molecule has 1 aliphatic rings. The second kappa shape index (κ2) is 5.82. The number of ether oxygens (including phenoxy) is 1. The Morgan fingerprint density at radius 1 is 1.29 bits per heavy atom. The molecule has 1 aromatic carbocycles. The molecular formula is C14H19NO2. The largest absolute Gasteiger partial charge is 0.378 e. The first-order valence-electron chi connectivity index (χ1n) is 6.17. The predicted octanol–water partition coefficient (Wildman–Crippen LogP) is 1.79. The summed E-state index contributed by atoms with van der Waals surface area (Å²) in [6.45, 7) is 4.93. The maximum atomic E-state index is 12.0. The maximum Gasteiger partial charge on any atom is 0.223 e. The van der Waals surface area contributed by atoms with Crippen molar-refractivity contribution < 1.29 is 9.53 Å². The van der Waals surface area contributed by atoms with Crippen molar-refractivity contribution >= 4 is 5.91 Å². The Bertz CT molecular complexity index is 384. The third-order valence-corrected chi connectivity index (χ3v) is 3.23. The highest BCUT2D eigenvalue weighted by Crippen LogP contribution is 2.11. The minimum Gasteiger partial charge on any atom is -0.378 e. The molecule has 0 bridgehead atoms. The van der Waals surface area contributed by atoms with Crippen LogP contribution in [0.25, 0.3) is 0 Å². The van der Waals surface area contributed by atoms with Crippen LogP contribution in [0.5, 0.6) is 0 Å². The van der Waals surface area contributed by atoms with Crippen molar-refractivity contribution in [3.05, 3.63) is 35.4 Å². The first-order valence-corrected chi connectivity index (χ1v) is 6.17. The highest BCUT2D eigenvalue weighted by molar-refractivity contribution is 5.76. The van der Waals surface area contributed by atoms with E-state index in [1.54, 1.807) is 0 Å². The van der Waals surface area contributed by atoms with Crippen molar-refractivity contribution in [2.75, 3.05) is 26.3 Å². The van der Waals surface area contributed by atoms with Gasteiger partial charge in [-0.15, -0.1) is 0 Å². The summed E-state index contributed by atoms with van der Waals surface area (Å²) in [5, 5.41) is 0. The first-order chi connectivity index (χ1) is 8.27. The van der Waals surface area contributed by atoms with Crippen LogP contribution in [0.4, 0.5) is 0 Å². The molecule has 1 saturated heterocycles. The Morgan fingerprint density at radius 3 is 2.71 bits per heavy atom. The molecule has 2 rings (SSSR count). The van der Waals surface area contributed by atoms with Crippen molar-refractivity contribution in [2.45, 2.75) is 19.8 Å². The molecule has 1 aliphatic heterocycles. The number of hydrogen-bond donors (Lipinski definition) is 0. The van der Waals surface area contributed by atoms with Gasteiger partial charge in [-0.2, -0.15) is 0 Å². The lowest BCUT2D eigenvalue weighted by Gasteiger charge is -2.26. The number of carbonyl (C=O) groups is 1. The molecule has 0 N–H and O–H groups in total. The van der Waals surface area contributed by atoms with Crippen molar-refractivity contribution in [1.82, 2.24) is 4.90 Å². The Kier molecular flexibility index (Phi) is 4.15. The fourth-order valence-corrected chi connectivity index (χ4v) is 2.10. The number of carbonyl (C=O) groups excluding carboxylic acids is 1. The second-order valence-corrected chi connectivity index (χ2v) is 4.42. The number of nitrogens with zero attached hydrogens (tertiary/aromatic N) is 1. The van der Waals surface area contributed by atoms with Crippen LogP contribution in [0, 0.1) is 6.92 Å². The Hall–Kier alpha value is -1.35.